The molecule has 0 aromatic heterocycles. The lowest BCUT2D eigenvalue weighted by Gasteiger charge is -2.39. The molecule has 1 aliphatic carbocycles. The summed E-state index contributed by atoms with van der Waals surface area (Å²) in [5, 5.41) is 3.50. The van der Waals surface area contributed by atoms with Crippen LogP contribution in [0.25, 0.3) is 0 Å². The highest BCUT2D eigenvalue weighted by Gasteiger charge is 2.52. The summed E-state index contributed by atoms with van der Waals surface area (Å²) in [5.74, 6) is 0.386. The number of rotatable bonds is 7. The van der Waals surface area contributed by atoms with Crippen LogP contribution < -0.4 is 5.32 Å². The summed E-state index contributed by atoms with van der Waals surface area (Å²) in [5.41, 5.74) is -0.485. The third-order valence-corrected chi connectivity index (χ3v) is 5.24. The summed E-state index contributed by atoms with van der Waals surface area (Å²) >= 11 is 0. The lowest BCUT2D eigenvalue weighted by Crippen LogP contribution is -2.62. The maximum atomic E-state index is 12.5. The maximum absolute atomic E-state index is 12.5. The van der Waals surface area contributed by atoms with Gasteiger partial charge in [-0.15, -0.1) is 0 Å². The summed E-state index contributed by atoms with van der Waals surface area (Å²) in [6, 6.07) is 0.619. The molecule has 1 aliphatic heterocycles. The molecule has 2 rings (SSSR count). The molecule has 0 bridgehead atoms. The summed E-state index contributed by atoms with van der Waals surface area (Å²) in [4.78, 5) is 15.1. The third-order valence-electron chi connectivity index (χ3n) is 5.24. The summed E-state index contributed by atoms with van der Waals surface area (Å²) in [6.45, 7) is 7.11. The van der Waals surface area contributed by atoms with Crippen LogP contribution in [0.2, 0.25) is 0 Å². The average molecular weight is 296 g/mol. The number of carbonyl (C=O) groups excluding carboxylic acids is 1. The van der Waals surface area contributed by atoms with Gasteiger partial charge in [0.2, 0.25) is 0 Å². The second-order valence-electron chi connectivity index (χ2n) is 6.65. The number of likely N-dealkylation sites (tertiary alicyclic amines) is 1. The van der Waals surface area contributed by atoms with Crippen molar-refractivity contribution in [1.29, 1.82) is 0 Å². The van der Waals surface area contributed by atoms with Gasteiger partial charge in [0.05, 0.1) is 7.11 Å². The molecule has 2 fully saturated rings. The Morgan fingerprint density at radius 3 is 2.57 bits per heavy atom. The molecule has 122 valence electrons. The zero-order chi connectivity index (χ0) is 15.3. The van der Waals surface area contributed by atoms with Crippen molar-refractivity contribution in [2.24, 2.45) is 5.92 Å². The zero-order valence-electron chi connectivity index (χ0n) is 14.0. The van der Waals surface area contributed by atoms with Gasteiger partial charge in [-0.2, -0.15) is 0 Å². The van der Waals surface area contributed by atoms with Crippen molar-refractivity contribution in [2.45, 2.75) is 70.4 Å². The lowest BCUT2D eigenvalue weighted by molar-refractivity contribution is -0.151. The van der Waals surface area contributed by atoms with E-state index in [2.05, 4.69) is 24.1 Å². The van der Waals surface area contributed by atoms with Crippen molar-refractivity contribution < 1.29 is 9.53 Å². The molecule has 21 heavy (non-hydrogen) atoms. The first-order valence-electron chi connectivity index (χ1n) is 8.75. The first-order chi connectivity index (χ1) is 10.2. The summed E-state index contributed by atoms with van der Waals surface area (Å²) in [7, 11) is 1.52. The number of esters is 1. The van der Waals surface area contributed by atoms with E-state index in [1.165, 1.54) is 39.2 Å². The van der Waals surface area contributed by atoms with Gasteiger partial charge in [-0.25, -0.2) is 4.79 Å². The van der Waals surface area contributed by atoms with E-state index in [0.717, 1.165) is 32.5 Å². The molecule has 1 saturated carbocycles. The molecule has 1 saturated heterocycles. The van der Waals surface area contributed by atoms with Crippen molar-refractivity contribution in [3.05, 3.63) is 0 Å². The van der Waals surface area contributed by atoms with Crippen molar-refractivity contribution in [2.75, 3.05) is 26.7 Å². The summed E-state index contributed by atoms with van der Waals surface area (Å²) < 4.78 is 5.18. The van der Waals surface area contributed by atoms with Crippen molar-refractivity contribution in [3.8, 4) is 0 Å². The molecule has 4 heteroatoms. The largest absolute Gasteiger partial charge is 0.468 e. The Hall–Kier alpha value is -0.610. The number of nitrogens with one attached hydrogen (secondary N) is 1. The molecule has 1 N–H and O–H groups in total. The first kappa shape index (κ1) is 16.8. The van der Waals surface area contributed by atoms with Crippen LogP contribution in [0, 0.1) is 5.92 Å². The standard InChI is InChI=1S/C17H32N2O2/c1-4-15-9-7-6-8-12-19(15)13-17(18-5-2,14-10-11-14)16(20)21-3/h14-15,18H,4-13H2,1-3H3. The Morgan fingerprint density at radius 1 is 1.24 bits per heavy atom. The number of methoxy groups -OCH3 is 1. The minimum absolute atomic E-state index is 0.0639. The molecule has 2 aliphatic rings. The topological polar surface area (TPSA) is 41.6 Å². The molecule has 0 radical (unpaired) electrons. The fourth-order valence-corrected chi connectivity index (χ4v) is 3.93. The van der Waals surface area contributed by atoms with Gasteiger partial charge in [-0.1, -0.05) is 26.7 Å². The van der Waals surface area contributed by atoms with Crippen molar-refractivity contribution in [1.82, 2.24) is 10.2 Å². The number of likely N-dealkylation sites (N-methyl/N-ethyl adjacent to an activating group) is 1. The van der Waals surface area contributed by atoms with Gasteiger partial charge in [0.15, 0.2) is 0 Å². The number of hydrogen-bond acceptors (Lipinski definition) is 4. The number of ether oxygens (including phenoxy) is 1. The second-order valence-corrected chi connectivity index (χ2v) is 6.65. The third kappa shape index (κ3) is 3.78. The number of carbonyl (C=O) groups is 1. The summed E-state index contributed by atoms with van der Waals surface area (Å²) in [6.07, 6.45) is 8.64. The van der Waals surface area contributed by atoms with Gasteiger partial charge < -0.3 is 10.1 Å². The van der Waals surface area contributed by atoms with Gasteiger partial charge in [-0.05, 0) is 51.1 Å². The van der Waals surface area contributed by atoms with E-state index < -0.39 is 5.54 Å². The van der Waals surface area contributed by atoms with Crippen LogP contribution in [0.4, 0.5) is 0 Å². The monoisotopic (exact) mass is 296 g/mol. The Morgan fingerprint density at radius 2 is 2.00 bits per heavy atom. The van der Waals surface area contributed by atoms with Crippen LogP contribution in [0.5, 0.6) is 0 Å². The Balaban J connectivity index is 2.17. The molecular weight excluding hydrogens is 264 g/mol. The van der Waals surface area contributed by atoms with Crippen LogP contribution in [-0.2, 0) is 9.53 Å². The van der Waals surface area contributed by atoms with E-state index in [1.807, 2.05) is 0 Å². The number of hydrogen-bond donors (Lipinski definition) is 1. The zero-order valence-corrected chi connectivity index (χ0v) is 14.0. The molecule has 2 unspecified atom stereocenters. The van der Waals surface area contributed by atoms with E-state index in [1.54, 1.807) is 0 Å². The minimum Gasteiger partial charge on any atom is -0.468 e. The van der Waals surface area contributed by atoms with Gasteiger partial charge in [0.25, 0.3) is 0 Å². The molecule has 0 aromatic rings. The fraction of sp³-hybridized carbons (Fsp3) is 0.941. The molecule has 0 amide bonds. The molecule has 4 nitrogen and oxygen atoms in total. The molecule has 0 spiro atoms. The van der Waals surface area contributed by atoms with Gasteiger partial charge in [-0.3, -0.25) is 4.90 Å². The lowest BCUT2D eigenvalue weighted by atomic mass is 9.91. The predicted octanol–water partition coefficient (Wildman–Crippen LogP) is 2.57. The minimum atomic E-state index is -0.485. The Labute approximate surface area is 129 Å². The van der Waals surface area contributed by atoms with Crippen molar-refractivity contribution >= 4 is 5.97 Å². The van der Waals surface area contributed by atoms with Crippen LogP contribution in [0.15, 0.2) is 0 Å². The molecule has 1 heterocycles. The second kappa shape index (κ2) is 7.59. The van der Waals surface area contributed by atoms with Crippen LogP contribution in [-0.4, -0.2) is 49.2 Å². The van der Waals surface area contributed by atoms with E-state index >= 15 is 0 Å². The highest BCUT2D eigenvalue weighted by atomic mass is 16.5. The smallest absolute Gasteiger partial charge is 0.327 e. The molecule has 2 atom stereocenters. The van der Waals surface area contributed by atoms with Gasteiger partial charge >= 0.3 is 5.97 Å². The van der Waals surface area contributed by atoms with E-state index in [0.29, 0.717) is 12.0 Å². The first-order valence-corrected chi connectivity index (χ1v) is 8.75. The quantitative estimate of drug-likeness (QED) is 0.733. The number of nitrogens with zero attached hydrogens (tertiary/aromatic N) is 1. The molecule has 0 aromatic carbocycles. The Kier molecular flexibility index (Phi) is 6.06. The highest BCUT2D eigenvalue weighted by molar-refractivity contribution is 5.82. The van der Waals surface area contributed by atoms with Gasteiger partial charge in [0.1, 0.15) is 5.54 Å². The SMILES string of the molecule is CCNC(CN1CCCCCC1CC)(C(=O)OC)C1CC1. The normalized spacial score (nSPS) is 26.9. The fourth-order valence-electron chi connectivity index (χ4n) is 3.93. The van der Waals surface area contributed by atoms with Crippen LogP contribution in [0.3, 0.4) is 0 Å². The maximum Gasteiger partial charge on any atom is 0.327 e. The highest BCUT2D eigenvalue weighted by Crippen LogP contribution is 2.41. The van der Waals surface area contributed by atoms with Crippen LogP contribution >= 0.6 is 0 Å². The molecular formula is C17H32N2O2. The van der Waals surface area contributed by atoms with E-state index in [-0.39, 0.29) is 5.97 Å². The Bertz CT molecular complexity index is 344. The van der Waals surface area contributed by atoms with Gasteiger partial charge in [0, 0.05) is 12.6 Å². The average Bonchev–Trinajstić information content (AvgIpc) is 3.33. The van der Waals surface area contributed by atoms with Crippen LogP contribution in [0.1, 0.15) is 58.8 Å². The predicted molar refractivity (Wildman–Crippen MR) is 85.3 cm³/mol. The van der Waals surface area contributed by atoms with Crippen molar-refractivity contribution in [3.63, 3.8) is 0 Å². The van der Waals surface area contributed by atoms with E-state index in [9.17, 15) is 4.79 Å². The van der Waals surface area contributed by atoms with E-state index in [4.69, 9.17) is 4.74 Å².